The van der Waals surface area contributed by atoms with Gasteiger partial charge in [0.05, 0.1) is 5.75 Å². The summed E-state index contributed by atoms with van der Waals surface area (Å²) in [5.41, 5.74) is 3.25. The van der Waals surface area contributed by atoms with Crippen LogP contribution < -0.4 is 10.6 Å². The van der Waals surface area contributed by atoms with Gasteiger partial charge >= 0.3 is 0 Å². The molecule has 0 radical (unpaired) electrons. The molecule has 0 aliphatic carbocycles. The number of hydrogen-bond acceptors (Lipinski definition) is 5. The number of nitrogens with one attached hydrogen (secondary N) is 2. The quantitative estimate of drug-likeness (QED) is 0.565. The van der Waals surface area contributed by atoms with Crippen molar-refractivity contribution in [3.8, 4) is 0 Å². The van der Waals surface area contributed by atoms with Crippen molar-refractivity contribution in [2.75, 3.05) is 11.1 Å². The Kier molecular flexibility index (Phi) is 6.97. The van der Waals surface area contributed by atoms with Crippen LogP contribution in [0.2, 0.25) is 0 Å². The first kappa shape index (κ1) is 19.8. The van der Waals surface area contributed by atoms with E-state index in [1.165, 1.54) is 35.0 Å². The normalized spacial score (nSPS) is 10.5. The van der Waals surface area contributed by atoms with E-state index in [9.17, 15) is 9.18 Å². The van der Waals surface area contributed by atoms with E-state index >= 15 is 0 Å². The van der Waals surface area contributed by atoms with E-state index < -0.39 is 0 Å². The van der Waals surface area contributed by atoms with Gasteiger partial charge in [0.25, 0.3) is 0 Å². The predicted octanol–water partition coefficient (Wildman–Crippen LogP) is 3.94. The molecule has 3 rings (SSSR count). The van der Waals surface area contributed by atoms with Gasteiger partial charge in [0.1, 0.15) is 16.7 Å². The second-order valence-electron chi connectivity index (χ2n) is 6.29. The molecule has 144 valence electrons. The van der Waals surface area contributed by atoms with Gasteiger partial charge in [-0.15, -0.1) is 10.2 Å². The van der Waals surface area contributed by atoms with Gasteiger partial charge in [-0.3, -0.25) is 4.79 Å². The monoisotopic (exact) mass is 396 g/mol. The lowest BCUT2D eigenvalue weighted by atomic mass is 10.1. The summed E-state index contributed by atoms with van der Waals surface area (Å²) in [6, 6.07) is 18.0. The molecular weight excluding hydrogens is 375 g/mol. The highest BCUT2D eigenvalue weighted by molar-refractivity contribution is 7.99. The molecule has 7 heteroatoms. The average molecular weight is 396 g/mol. The number of carbonyl (C=O) groups is 1. The minimum Gasteiger partial charge on any atom is -0.365 e. The van der Waals surface area contributed by atoms with Crippen LogP contribution in [0.4, 0.5) is 10.2 Å². The van der Waals surface area contributed by atoms with Crippen molar-refractivity contribution in [2.45, 2.75) is 25.0 Å². The Balaban J connectivity index is 1.40. The lowest BCUT2D eigenvalue weighted by Gasteiger charge is -2.07. The van der Waals surface area contributed by atoms with Gasteiger partial charge in [0, 0.05) is 13.1 Å². The third-order valence-corrected chi connectivity index (χ3v) is 4.91. The van der Waals surface area contributed by atoms with E-state index in [-0.39, 0.29) is 17.5 Å². The van der Waals surface area contributed by atoms with Crippen LogP contribution >= 0.6 is 11.8 Å². The summed E-state index contributed by atoms with van der Waals surface area (Å²) in [6.45, 7) is 3.10. The summed E-state index contributed by atoms with van der Waals surface area (Å²) in [7, 11) is 0. The Labute approximate surface area is 167 Å². The molecule has 0 fully saturated rings. The van der Waals surface area contributed by atoms with E-state index in [0.29, 0.717) is 23.9 Å². The molecule has 0 spiro atoms. The van der Waals surface area contributed by atoms with Gasteiger partial charge in [-0.05, 0) is 42.3 Å². The topological polar surface area (TPSA) is 66.9 Å². The number of hydrogen-bond donors (Lipinski definition) is 2. The Morgan fingerprint density at radius 1 is 0.929 bits per heavy atom. The van der Waals surface area contributed by atoms with Crippen LogP contribution in [0.25, 0.3) is 0 Å². The average Bonchev–Trinajstić information content (AvgIpc) is 2.72. The smallest absolute Gasteiger partial charge is 0.230 e. The predicted molar refractivity (Wildman–Crippen MR) is 110 cm³/mol. The van der Waals surface area contributed by atoms with Crippen LogP contribution in [0.3, 0.4) is 0 Å². The molecule has 0 saturated heterocycles. The summed E-state index contributed by atoms with van der Waals surface area (Å²) in [6.07, 6.45) is 0. The largest absolute Gasteiger partial charge is 0.365 e. The summed E-state index contributed by atoms with van der Waals surface area (Å²) in [4.78, 5) is 11.9. The minimum atomic E-state index is -0.291. The zero-order valence-electron chi connectivity index (χ0n) is 15.5. The molecule has 0 saturated carbocycles. The van der Waals surface area contributed by atoms with E-state index in [1.807, 2.05) is 12.1 Å². The van der Waals surface area contributed by atoms with Crippen LogP contribution in [0.15, 0.2) is 65.7 Å². The van der Waals surface area contributed by atoms with E-state index in [0.717, 1.165) is 5.56 Å². The number of rotatable bonds is 8. The zero-order valence-corrected chi connectivity index (χ0v) is 16.3. The fourth-order valence-electron chi connectivity index (χ4n) is 2.38. The number of amides is 1. The standard InChI is InChI=1S/C21H21FN4OS/c1-15-2-4-16(5-3-15)12-23-19-10-11-21(26-25-19)28-14-20(27)24-13-17-6-8-18(22)9-7-17/h2-11H,12-14H2,1H3,(H,23,25)(H,24,27). The maximum Gasteiger partial charge on any atom is 0.230 e. The molecule has 0 unspecified atom stereocenters. The first-order valence-electron chi connectivity index (χ1n) is 8.85. The van der Waals surface area contributed by atoms with Gasteiger partial charge in [-0.1, -0.05) is 53.7 Å². The van der Waals surface area contributed by atoms with Gasteiger partial charge < -0.3 is 10.6 Å². The fourth-order valence-corrected chi connectivity index (χ4v) is 3.03. The molecule has 2 N–H and O–H groups in total. The molecule has 1 aromatic heterocycles. The molecule has 3 aromatic rings. The number of thioether (sulfide) groups is 1. The Morgan fingerprint density at radius 3 is 2.29 bits per heavy atom. The maximum atomic E-state index is 12.9. The number of halogens is 1. The molecule has 0 bridgehead atoms. The maximum absolute atomic E-state index is 12.9. The first-order chi connectivity index (χ1) is 13.6. The van der Waals surface area contributed by atoms with Crippen molar-refractivity contribution in [1.29, 1.82) is 0 Å². The van der Waals surface area contributed by atoms with Crippen LogP contribution in [0.1, 0.15) is 16.7 Å². The lowest BCUT2D eigenvalue weighted by Crippen LogP contribution is -2.24. The summed E-state index contributed by atoms with van der Waals surface area (Å²) >= 11 is 1.32. The lowest BCUT2D eigenvalue weighted by molar-refractivity contribution is -0.118. The van der Waals surface area contributed by atoms with Crippen LogP contribution in [0, 0.1) is 12.7 Å². The number of aryl methyl sites for hydroxylation is 1. The van der Waals surface area contributed by atoms with Crippen molar-refractivity contribution in [3.05, 3.63) is 83.2 Å². The Hall–Kier alpha value is -2.93. The second-order valence-corrected chi connectivity index (χ2v) is 7.28. The van der Waals surface area contributed by atoms with Crippen LogP contribution in [-0.2, 0) is 17.9 Å². The number of aromatic nitrogens is 2. The molecule has 5 nitrogen and oxygen atoms in total. The van der Waals surface area contributed by atoms with Gasteiger partial charge in [-0.2, -0.15) is 0 Å². The molecule has 0 aliphatic heterocycles. The highest BCUT2D eigenvalue weighted by atomic mass is 32.2. The van der Waals surface area contributed by atoms with Crippen molar-refractivity contribution in [3.63, 3.8) is 0 Å². The summed E-state index contributed by atoms with van der Waals surface area (Å²) < 4.78 is 12.9. The van der Waals surface area contributed by atoms with Gasteiger partial charge in [-0.25, -0.2) is 4.39 Å². The molecule has 2 aromatic carbocycles. The van der Waals surface area contributed by atoms with E-state index in [1.54, 1.807) is 12.1 Å². The van der Waals surface area contributed by atoms with Crippen molar-refractivity contribution in [1.82, 2.24) is 15.5 Å². The van der Waals surface area contributed by atoms with Gasteiger partial charge in [0.2, 0.25) is 5.91 Å². The second kappa shape index (κ2) is 9.85. The van der Waals surface area contributed by atoms with Gasteiger partial charge in [0.15, 0.2) is 0 Å². The number of carbonyl (C=O) groups excluding carboxylic acids is 1. The SMILES string of the molecule is Cc1ccc(CNc2ccc(SCC(=O)NCc3ccc(F)cc3)nn2)cc1. The number of nitrogens with zero attached hydrogens (tertiary/aromatic N) is 2. The third-order valence-electron chi connectivity index (χ3n) is 3.99. The highest BCUT2D eigenvalue weighted by Gasteiger charge is 2.05. The van der Waals surface area contributed by atoms with Crippen LogP contribution in [0.5, 0.6) is 0 Å². The Bertz CT molecular complexity index is 899. The molecule has 0 aliphatic rings. The summed E-state index contributed by atoms with van der Waals surface area (Å²) in [5.74, 6) is 0.524. The number of benzene rings is 2. The molecular formula is C21H21FN4OS. The molecule has 0 atom stereocenters. The first-order valence-corrected chi connectivity index (χ1v) is 9.84. The van der Waals surface area contributed by atoms with Crippen molar-refractivity contribution >= 4 is 23.5 Å². The zero-order chi connectivity index (χ0) is 19.8. The van der Waals surface area contributed by atoms with E-state index in [4.69, 9.17) is 0 Å². The van der Waals surface area contributed by atoms with Crippen molar-refractivity contribution in [2.24, 2.45) is 0 Å². The van der Waals surface area contributed by atoms with Crippen molar-refractivity contribution < 1.29 is 9.18 Å². The molecule has 1 amide bonds. The van der Waals surface area contributed by atoms with E-state index in [2.05, 4.69) is 52.0 Å². The Morgan fingerprint density at radius 2 is 1.61 bits per heavy atom. The summed E-state index contributed by atoms with van der Waals surface area (Å²) in [5, 5.41) is 15.0. The fraction of sp³-hybridized carbons (Fsp3) is 0.190. The minimum absolute atomic E-state index is 0.113. The molecule has 1 heterocycles. The highest BCUT2D eigenvalue weighted by Crippen LogP contribution is 2.15. The molecule has 28 heavy (non-hydrogen) atoms. The number of anilines is 1. The third kappa shape index (κ3) is 6.35. The van der Waals surface area contributed by atoms with Crippen LogP contribution in [-0.4, -0.2) is 21.9 Å².